The topological polar surface area (TPSA) is 4.93 Å². The molecule has 0 N–H and O–H groups in total. The number of nitrogens with zero attached hydrogens (tertiary/aromatic N) is 1. The van der Waals surface area contributed by atoms with Crippen LogP contribution in [0.1, 0.15) is 25.0 Å². The van der Waals surface area contributed by atoms with Crippen LogP contribution in [-0.2, 0) is 5.41 Å². The van der Waals surface area contributed by atoms with Crippen LogP contribution in [0.2, 0.25) is 0 Å². The zero-order chi connectivity index (χ0) is 22.3. The molecule has 0 aliphatic heterocycles. The molecule has 1 aromatic heterocycles. The molecule has 5 aromatic carbocycles. The van der Waals surface area contributed by atoms with Gasteiger partial charge in [0.25, 0.3) is 0 Å². The maximum atomic E-state index is 3.68. The molecule has 158 valence electrons. The van der Waals surface area contributed by atoms with E-state index in [2.05, 4.69) is 131 Å². The summed E-state index contributed by atoms with van der Waals surface area (Å²) in [6.45, 7) is 4.68. The van der Waals surface area contributed by atoms with E-state index < -0.39 is 0 Å². The van der Waals surface area contributed by atoms with Crippen molar-refractivity contribution in [3.63, 3.8) is 0 Å². The van der Waals surface area contributed by atoms with E-state index in [0.717, 1.165) is 4.47 Å². The van der Waals surface area contributed by atoms with Crippen molar-refractivity contribution in [2.45, 2.75) is 19.3 Å². The van der Waals surface area contributed by atoms with Gasteiger partial charge in [-0.1, -0.05) is 84.4 Å². The third-order valence-electron chi connectivity index (χ3n) is 7.42. The third-order valence-corrected chi connectivity index (χ3v) is 7.91. The van der Waals surface area contributed by atoms with Gasteiger partial charge >= 0.3 is 0 Å². The smallest absolute Gasteiger partial charge is 0.0547 e. The van der Waals surface area contributed by atoms with Crippen molar-refractivity contribution in [1.82, 2.24) is 4.57 Å². The first-order chi connectivity index (χ1) is 16.0. The number of para-hydroxylation sites is 1. The van der Waals surface area contributed by atoms with Crippen molar-refractivity contribution in [1.29, 1.82) is 0 Å². The van der Waals surface area contributed by atoms with E-state index in [0.29, 0.717) is 0 Å². The fourth-order valence-electron chi connectivity index (χ4n) is 5.77. The Labute approximate surface area is 201 Å². The Morgan fingerprint density at radius 3 is 2.09 bits per heavy atom. The quantitative estimate of drug-likeness (QED) is 0.218. The summed E-state index contributed by atoms with van der Waals surface area (Å²) in [6, 6.07) is 35.8. The minimum Gasteiger partial charge on any atom is -0.309 e. The lowest BCUT2D eigenvalue weighted by atomic mass is 9.82. The largest absolute Gasteiger partial charge is 0.309 e. The van der Waals surface area contributed by atoms with Gasteiger partial charge in [-0.25, -0.2) is 0 Å². The first-order valence-corrected chi connectivity index (χ1v) is 12.2. The molecule has 0 fully saturated rings. The maximum absolute atomic E-state index is 3.68. The second-order valence-electron chi connectivity index (χ2n) is 9.61. The highest BCUT2D eigenvalue weighted by molar-refractivity contribution is 9.10. The zero-order valence-corrected chi connectivity index (χ0v) is 20.1. The summed E-state index contributed by atoms with van der Waals surface area (Å²) in [5, 5.41) is 5.15. The molecule has 7 rings (SSSR count). The Bertz CT molecular complexity index is 1750. The Morgan fingerprint density at radius 1 is 0.606 bits per heavy atom. The number of hydrogen-bond acceptors (Lipinski definition) is 0. The van der Waals surface area contributed by atoms with E-state index in [1.54, 1.807) is 0 Å². The van der Waals surface area contributed by atoms with Gasteiger partial charge in [0.1, 0.15) is 0 Å². The Kier molecular flexibility index (Phi) is 3.82. The number of benzene rings is 5. The van der Waals surface area contributed by atoms with E-state index in [1.165, 1.54) is 60.5 Å². The molecular weight excluding hydrogens is 466 g/mol. The number of fused-ring (bicyclic) bond motifs is 7. The van der Waals surface area contributed by atoms with Gasteiger partial charge in [-0.15, -0.1) is 0 Å². The van der Waals surface area contributed by atoms with Gasteiger partial charge in [-0.2, -0.15) is 0 Å². The highest BCUT2D eigenvalue weighted by atomic mass is 79.9. The fourth-order valence-corrected chi connectivity index (χ4v) is 6.13. The Morgan fingerprint density at radius 2 is 1.27 bits per heavy atom. The lowest BCUT2D eigenvalue weighted by Crippen LogP contribution is -2.15. The molecule has 2 heteroatoms. The highest BCUT2D eigenvalue weighted by Gasteiger charge is 2.35. The average molecular weight is 488 g/mol. The lowest BCUT2D eigenvalue weighted by Gasteiger charge is -2.22. The molecule has 1 nitrogen and oxygen atoms in total. The molecule has 0 saturated carbocycles. The van der Waals surface area contributed by atoms with Crippen LogP contribution >= 0.6 is 15.9 Å². The lowest BCUT2D eigenvalue weighted by molar-refractivity contribution is 0.659. The fraction of sp³-hybridized carbons (Fsp3) is 0.0968. The standard InChI is InChI=1S/C31H22BrN/c1-31(2)27-17-21(32)11-13-23(27)24-14-12-22(18-28(24)31)33-29-10-6-5-9-25(29)26-15-19-7-3-4-8-20(19)16-30(26)33/h3-18H,1-2H3. The summed E-state index contributed by atoms with van der Waals surface area (Å²) in [5.74, 6) is 0. The highest BCUT2D eigenvalue weighted by Crippen LogP contribution is 2.50. The van der Waals surface area contributed by atoms with Crippen LogP contribution in [0.15, 0.2) is 102 Å². The minimum atomic E-state index is -0.0457. The summed E-state index contributed by atoms with van der Waals surface area (Å²) in [6.07, 6.45) is 0. The summed E-state index contributed by atoms with van der Waals surface area (Å²) in [5.41, 5.74) is 9.14. The first kappa shape index (κ1) is 19.1. The number of rotatable bonds is 1. The van der Waals surface area contributed by atoms with Gasteiger partial charge in [0, 0.05) is 26.3 Å². The second-order valence-corrected chi connectivity index (χ2v) is 10.5. The van der Waals surface area contributed by atoms with E-state index in [-0.39, 0.29) is 5.41 Å². The Balaban J connectivity index is 1.55. The minimum absolute atomic E-state index is 0.0457. The van der Waals surface area contributed by atoms with Gasteiger partial charge in [0.05, 0.1) is 11.0 Å². The monoisotopic (exact) mass is 487 g/mol. The SMILES string of the molecule is CC1(C)c2cc(Br)ccc2-c2ccc(-n3c4ccccc4c4cc5ccccc5cc43)cc21. The molecule has 0 radical (unpaired) electrons. The van der Waals surface area contributed by atoms with Gasteiger partial charge in [-0.3, -0.25) is 0 Å². The van der Waals surface area contributed by atoms with Gasteiger partial charge < -0.3 is 4.57 Å². The molecule has 0 unspecified atom stereocenters. The van der Waals surface area contributed by atoms with Crippen LogP contribution in [0.3, 0.4) is 0 Å². The molecule has 1 heterocycles. The predicted octanol–water partition coefficient (Wildman–Crippen LogP) is 9.01. The van der Waals surface area contributed by atoms with Crippen molar-refractivity contribution in [3.05, 3.63) is 113 Å². The molecule has 1 aliphatic rings. The molecule has 0 saturated heterocycles. The number of halogens is 1. The van der Waals surface area contributed by atoms with Crippen molar-refractivity contribution in [2.75, 3.05) is 0 Å². The van der Waals surface area contributed by atoms with Crippen molar-refractivity contribution in [3.8, 4) is 16.8 Å². The molecule has 6 aromatic rings. The molecular formula is C31H22BrN. The van der Waals surface area contributed by atoms with Gasteiger partial charge in [0.2, 0.25) is 0 Å². The van der Waals surface area contributed by atoms with E-state index in [1.807, 2.05) is 0 Å². The summed E-state index contributed by atoms with van der Waals surface area (Å²) in [7, 11) is 0. The van der Waals surface area contributed by atoms with E-state index in [4.69, 9.17) is 0 Å². The Hall–Kier alpha value is -3.36. The maximum Gasteiger partial charge on any atom is 0.0547 e. The van der Waals surface area contributed by atoms with Crippen LogP contribution < -0.4 is 0 Å². The van der Waals surface area contributed by atoms with Crippen LogP contribution in [0.5, 0.6) is 0 Å². The van der Waals surface area contributed by atoms with Crippen LogP contribution in [0, 0.1) is 0 Å². The van der Waals surface area contributed by atoms with Crippen LogP contribution in [0.4, 0.5) is 0 Å². The molecule has 1 aliphatic carbocycles. The number of hydrogen-bond donors (Lipinski definition) is 0. The third kappa shape index (κ3) is 2.59. The predicted molar refractivity (Wildman–Crippen MR) is 144 cm³/mol. The van der Waals surface area contributed by atoms with Crippen molar-refractivity contribution >= 4 is 48.5 Å². The number of aromatic nitrogens is 1. The molecule has 33 heavy (non-hydrogen) atoms. The average Bonchev–Trinajstić information content (AvgIpc) is 3.26. The first-order valence-electron chi connectivity index (χ1n) is 11.4. The second kappa shape index (κ2) is 6.59. The summed E-state index contributed by atoms with van der Waals surface area (Å²) < 4.78 is 3.57. The molecule has 0 bridgehead atoms. The normalized spacial score (nSPS) is 14.2. The molecule has 0 amide bonds. The zero-order valence-electron chi connectivity index (χ0n) is 18.6. The van der Waals surface area contributed by atoms with Crippen LogP contribution in [-0.4, -0.2) is 4.57 Å². The van der Waals surface area contributed by atoms with Gasteiger partial charge in [-0.05, 0) is 75.5 Å². The van der Waals surface area contributed by atoms with E-state index >= 15 is 0 Å². The van der Waals surface area contributed by atoms with E-state index in [9.17, 15) is 0 Å². The van der Waals surface area contributed by atoms with Crippen molar-refractivity contribution < 1.29 is 0 Å². The van der Waals surface area contributed by atoms with Crippen LogP contribution in [0.25, 0.3) is 49.4 Å². The van der Waals surface area contributed by atoms with Crippen molar-refractivity contribution in [2.24, 2.45) is 0 Å². The molecule has 0 atom stereocenters. The summed E-state index contributed by atoms with van der Waals surface area (Å²) in [4.78, 5) is 0. The molecule has 0 spiro atoms. The van der Waals surface area contributed by atoms with Gasteiger partial charge in [0.15, 0.2) is 0 Å². The summed E-state index contributed by atoms with van der Waals surface area (Å²) >= 11 is 3.68.